The molecule has 1 aliphatic rings. The number of ketones is 1. The molecule has 0 spiro atoms. The van der Waals surface area contributed by atoms with E-state index in [1.807, 2.05) is 13.8 Å². The number of ether oxygens (including phenoxy) is 1. The van der Waals surface area contributed by atoms with Crippen LogP contribution in [-0.4, -0.2) is 29.7 Å². The van der Waals surface area contributed by atoms with Crippen molar-refractivity contribution in [3.8, 4) is 11.5 Å². The Balaban J connectivity index is 2.38. The number of aryl methyl sites for hydroxylation is 1. The number of rotatable bonds is 2. The molecule has 0 bridgehead atoms. The number of aliphatic hydroxyl groups is 1. The molecule has 1 heterocycles. The Kier molecular flexibility index (Phi) is 3.02. The standard InChI is InChI=1S/C16H16O5/c1-7-6-21-16-12(7)9(5-17)13-8(2)11(20-3)4-10(18)14(13)15(16)19/h4,6,9,17-18H,5H2,1-3H3. The molecular formula is C16H16O5. The molecule has 1 aliphatic carbocycles. The second-order valence-electron chi connectivity index (χ2n) is 5.24. The molecule has 21 heavy (non-hydrogen) atoms. The van der Waals surface area contributed by atoms with E-state index in [-0.39, 0.29) is 29.5 Å². The number of aromatic hydroxyl groups is 1. The summed E-state index contributed by atoms with van der Waals surface area (Å²) in [6, 6.07) is 1.42. The van der Waals surface area contributed by atoms with Crippen molar-refractivity contribution in [2.75, 3.05) is 13.7 Å². The zero-order valence-electron chi connectivity index (χ0n) is 12.1. The number of hydrogen-bond donors (Lipinski definition) is 2. The molecule has 2 N–H and O–H groups in total. The van der Waals surface area contributed by atoms with Crippen LogP contribution in [-0.2, 0) is 0 Å². The van der Waals surface area contributed by atoms with E-state index in [2.05, 4.69) is 0 Å². The first-order chi connectivity index (χ1) is 10.0. The van der Waals surface area contributed by atoms with E-state index in [0.717, 1.165) is 11.1 Å². The van der Waals surface area contributed by atoms with Gasteiger partial charge in [0, 0.05) is 17.5 Å². The Labute approximate surface area is 121 Å². The third-order valence-electron chi connectivity index (χ3n) is 4.12. The molecule has 3 rings (SSSR count). The number of phenols is 1. The molecule has 5 heteroatoms. The van der Waals surface area contributed by atoms with Crippen molar-refractivity contribution < 1.29 is 24.2 Å². The Bertz CT molecular complexity index is 742. The molecule has 1 aromatic heterocycles. The molecule has 2 aromatic rings. The average Bonchev–Trinajstić information content (AvgIpc) is 2.85. The highest BCUT2D eigenvalue weighted by Gasteiger charge is 2.38. The van der Waals surface area contributed by atoms with Crippen LogP contribution in [0.3, 0.4) is 0 Å². The van der Waals surface area contributed by atoms with Crippen LogP contribution >= 0.6 is 0 Å². The molecule has 110 valence electrons. The summed E-state index contributed by atoms with van der Waals surface area (Å²) in [6.07, 6.45) is 1.50. The smallest absolute Gasteiger partial charge is 0.232 e. The fourth-order valence-corrected chi connectivity index (χ4v) is 3.15. The number of aliphatic hydroxyl groups excluding tert-OH is 1. The van der Waals surface area contributed by atoms with E-state index in [1.165, 1.54) is 19.4 Å². The Morgan fingerprint density at radius 3 is 2.67 bits per heavy atom. The van der Waals surface area contributed by atoms with Gasteiger partial charge in [0.15, 0.2) is 5.76 Å². The number of phenolic OH excluding ortho intramolecular Hbond substituents is 1. The Morgan fingerprint density at radius 1 is 1.33 bits per heavy atom. The number of carbonyl (C=O) groups is 1. The maximum atomic E-state index is 12.6. The summed E-state index contributed by atoms with van der Waals surface area (Å²) in [4.78, 5) is 12.6. The average molecular weight is 288 g/mol. The van der Waals surface area contributed by atoms with E-state index >= 15 is 0 Å². The molecule has 1 atom stereocenters. The van der Waals surface area contributed by atoms with Gasteiger partial charge in [-0.15, -0.1) is 0 Å². The number of fused-ring (bicyclic) bond motifs is 2. The first kappa shape index (κ1) is 13.7. The van der Waals surface area contributed by atoms with Crippen molar-refractivity contribution in [2.24, 2.45) is 0 Å². The first-order valence-corrected chi connectivity index (χ1v) is 6.65. The van der Waals surface area contributed by atoms with Crippen LogP contribution < -0.4 is 4.74 Å². The molecule has 5 nitrogen and oxygen atoms in total. The summed E-state index contributed by atoms with van der Waals surface area (Å²) >= 11 is 0. The minimum atomic E-state index is -0.410. The van der Waals surface area contributed by atoms with Gasteiger partial charge in [-0.05, 0) is 30.5 Å². The molecule has 0 aliphatic heterocycles. The molecule has 1 aromatic carbocycles. The van der Waals surface area contributed by atoms with Gasteiger partial charge in [0.1, 0.15) is 11.5 Å². The second-order valence-corrected chi connectivity index (χ2v) is 5.24. The number of benzene rings is 1. The summed E-state index contributed by atoms with van der Waals surface area (Å²) in [5, 5.41) is 20.0. The van der Waals surface area contributed by atoms with Gasteiger partial charge in [-0.2, -0.15) is 0 Å². The van der Waals surface area contributed by atoms with Crippen molar-refractivity contribution in [2.45, 2.75) is 19.8 Å². The van der Waals surface area contributed by atoms with E-state index < -0.39 is 5.92 Å². The number of methoxy groups -OCH3 is 1. The van der Waals surface area contributed by atoms with Crippen LogP contribution in [0.25, 0.3) is 0 Å². The molecule has 0 saturated carbocycles. The summed E-state index contributed by atoms with van der Waals surface area (Å²) in [5.74, 6) is -0.245. The van der Waals surface area contributed by atoms with Gasteiger partial charge >= 0.3 is 0 Å². The van der Waals surface area contributed by atoms with Gasteiger partial charge in [0.2, 0.25) is 5.78 Å². The summed E-state index contributed by atoms with van der Waals surface area (Å²) in [5.41, 5.74) is 3.03. The quantitative estimate of drug-likeness (QED) is 0.886. The second kappa shape index (κ2) is 4.63. The monoisotopic (exact) mass is 288 g/mol. The minimum Gasteiger partial charge on any atom is -0.507 e. The highest BCUT2D eigenvalue weighted by atomic mass is 16.5. The molecule has 0 radical (unpaired) electrons. The molecule has 1 unspecified atom stereocenters. The number of carbonyl (C=O) groups excluding carboxylic acids is 1. The molecular weight excluding hydrogens is 272 g/mol. The van der Waals surface area contributed by atoms with Crippen molar-refractivity contribution in [3.05, 3.63) is 45.9 Å². The van der Waals surface area contributed by atoms with Crippen LogP contribution in [0.5, 0.6) is 11.5 Å². The van der Waals surface area contributed by atoms with Gasteiger partial charge in [-0.1, -0.05) is 0 Å². The fraction of sp³-hybridized carbons (Fsp3) is 0.312. The van der Waals surface area contributed by atoms with E-state index in [1.54, 1.807) is 0 Å². The van der Waals surface area contributed by atoms with Gasteiger partial charge in [0.25, 0.3) is 0 Å². The van der Waals surface area contributed by atoms with Crippen molar-refractivity contribution >= 4 is 5.78 Å². The van der Waals surface area contributed by atoms with E-state index in [4.69, 9.17) is 9.15 Å². The van der Waals surface area contributed by atoms with E-state index in [9.17, 15) is 15.0 Å². The minimum absolute atomic E-state index is 0.157. The lowest BCUT2D eigenvalue weighted by molar-refractivity contribution is 0.0997. The zero-order chi connectivity index (χ0) is 15.3. The van der Waals surface area contributed by atoms with Gasteiger partial charge in [0.05, 0.1) is 25.5 Å². The largest absolute Gasteiger partial charge is 0.507 e. The normalized spacial score (nSPS) is 16.6. The Morgan fingerprint density at radius 2 is 2.05 bits per heavy atom. The topological polar surface area (TPSA) is 79.9 Å². The zero-order valence-corrected chi connectivity index (χ0v) is 12.1. The van der Waals surface area contributed by atoms with Crippen LogP contribution in [0.2, 0.25) is 0 Å². The fourth-order valence-electron chi connectivity index (χ4n) is 3.15. The van der Waals surface area contributed by atoms with E-state index in [0.29, 0.717) is 16.9 Å². The third kappa shape index (κ3) is 1.70. The maximum Gasteiger partial charge on any atom is 0.232 e. The van der Waals surface area contributed by atoms with Crippen molar-refractivity contribution in [1.82, 2.24) is 0 Å². The van der Waals surface area contributed by atoms with Crippen LogP contribution in [0, 0.1) is 13.8 Å². The lowest BCUT2D eigenvalue weighted by Crippen LogP contribution is -2.22. The van der Waals surface area contributed by atoms with Gasteiger partial charge < -0.3 is 19.4 Å². The summed E-state index contributed by atoms with van der Waals surface area (Å²) in [7, 11) is 1.50. The Hall–Kier alpha value is -2.27. The predicted molar refractivity (Wildman–Crippen MR) is 75.2 cm³/mol. The molecule has 0 saturated heterocycles. The van der Waals surface area contributed by atoms with Crippen LogP contribution in [0.1, 0.15) is 44.3 Å². The first-order valence-electron chi connectivity index (χ1n) is 6.65. The lowest BCUT2D eigenvalue weighted by atomic mass is 9.77. The van der Waals surface area contributed by atoms with Gasteiger partial charge in [-0.3, -0.25) is 4.79 Å². The third-order valence-corrected chi connectivity index (χ3v) is 4.12. The van der Waals surface area contributed by atoms with Crippen molar-refractivity contribution in [1.29, 1.82) is 0 Å². The number of hydrogen-bond acceptors (Lipinski definition) is 5. The highest BCUT2D eigenvalue weighted by Crippen LogP contribution is 2.46. The number of furan rings is 1. The maximum absolute atomic E-state index is 12.6. The van der Waals surface area contributed by atoms with Gasteiger partial charge in [-0.25, -0.2) is 0 Å². The van der Waals surface area contributed by atoms with Crippen LogP contribution in [0.4, 0.5) is 0 Å². The summed E-state index contributed by atoms with van der Waals surface area (Å²) < 4.78 is 10.6. The molecule has 0 fully saturated rings. The summed E-state index contributed by atoms with van der Waals surface area (Å²) in [6.45, 7) is 3.47. The predicted octanol–water partition coefficient (Wildman–Crippen LogP) is 2.28. The molecule has 0 amide bonds. The highest BCUT2D eigenvalue weighted by molar-refractivity contribution is 6.13. The van der Waals surface area contributed by atoms with Crippen molar-refractivity contribution in [3.63, 3.8) is 0 Å². The SMILES string of the molecule is COc1cc(O)c2c(c1C)C(CO)c1c(C)coc1C2=O. The lowest BCUT2D eigenvalue weighted by Gasteiger charge is -2.27. The van der Waals surface area contributed by atoms with Crippen LogP contribution in [0.15, 0.2) is 16.7 Å².